The first-order chi connectivity index (χ1) is 17.7. The third-order valence-corrected chi connectivity index (χ3v) is 8.49. The number of benzene rings is 2. The second-order valence-corrected chi connectivity index (χ2v) is 10.9. The minimum atomic E-state index is -3.63. The van der Waals surface area contributed by atoms with Gasteiger partial charge in [-0.15, -0.1) is 0 Å². The van der Waals surface area contributed by atoms with Crippen molar-refractivity contribution in [2.24, 2.45) is 0 Å². The van der Waals surface area contributed by atoms with Crippen LogP contribution in [0.4, 0.5) is 9.18 Å². The Labute approximate surface area is 216 Å². The fraction of sp³-hybridized carbons (Fsp3) is 0.385. The molecule has 198 valence electrons. The number of likely N-dealkylation sites (N-methyl/N-ethyl adjacent to an activating group) is 1. The third kappa shape index (κ3) is 5.84. The van der Waals surface area contributed by atoms with Gasteiger partial charge in [0.1, 0.15) is 5.82 Å². The molecule has 0 radical (unpaired) electrons. The molecule has 2 aliphatic rings. The highest BCUT2D eigenvalue weighted by Gasteiger charge is 2.38. The van der Waals surface area contributed by atoms with E-state index in [0.717, 1.165) is 0 Å². The number of halogens is 1. The van der Waals surface area contributed by atoms with Crippen LogP contribution in [-0.4, -0.2) is 80.9 Å². The fourth-order valence-corrected chi connectivity index (χ4v) is 6.09. The van der Waals surface area contributed by atoms with Crippen LogP contribution in [0.5, 0.6) is 0 Å². The number of amides is 2. The monoisotopic (exact) mass is 530 g/mol. The largest absolute Gasteiger partial charge is 0.463 e. The molecule has 2 amide bonds. The first-order valence-electron chi connectivity index (χ1n) is 12.2. The first kappa shape index (κ1) is 26.8. The molecule has 11 heteroatoms. The van der Waals surface area contributed by atoms with Crippen LogP contribution in [-0.2, 0) is 19.6 Å². The van der Waals surface area contributed by atoms with E-state index in [4.69, 9.17) is 4.74 Å². The molecule has 0 aromatic heterocycles. The van der Waals surface area contributed by atoms with Crippen molar-refractivity contribution in [1.29, 1.82) is 0 Å². The van der Waals surface area contributed by atoms with Gasteiger partial charge in [-0.2, -0.15) is 4.31 Å². The number of nitrogens with one attached hydrogen (secondary N) is 1. The number of ether oxygens (including phenoxy) is 1. The summed E-state index contributed by atoms with van der Waals surface area (Å²) in [5, 5.41) is 2.82. The highest BCUT2D eigenvalue weighted by Crippen LogP contribution is 2.32. The van der Waals surface area contributed by atoms with E-state index in [1.165, 1.54) is 33.5 Å². The maximum atomic E-state index is 13.6. The molecule has 1 N–H and O–H groups in total. The lowest BCUT2D eigenvalue weighted by atomic mass is 9.94. The van der Waals surface area contributed by atoms with Gasteiger partial charge in [-0.25, -0.2) is 22.4 Å². The van der Waals surface area contributed by atoms with Crippen LogP contribution in [0.1, 0.15) is 24.9 Å². The SMILES string of the molecule is CCOC(=O)C1=C(CN2CCCN(S(=O)(=O)c3ccccc3)CC2)N(C)C(=O)NC1c1ccc(F)cc1. The molecular weight excluding hydrogens is 499 g/mol. The van der Waals surface area contributed by atoms with Crippen LogP contribution >= 0.6 is 0 Å². The molecule has 37 heavy (non-hydrogen) atoms. The molecule has 1 saturated heterocycles. The van der Waals surface area contributed by atoms with Gasteiger partial charge in [0.05, 0.1) is 23.1 Å². The Hall–Kier alpha value is -3.28. The summed E-state index contributed by atoms with van der Waals surface area (Å²) in [5.41, 5.74) is 1.30. The number of esters is 1. The number of nitrogens with zero attached hydrogens (tertiary/aromatic N) is 3. The van der Waals surface area contributed by atoms with Gasteiger partial charge in [0.2, 0.25) is 10.0 Å². The van der Waals surface area contributed by atoms with Gasteiger partial charge in [-0.05, 0) is 49.7 Å². The van der Waals surface area contributed by atoms with Crippen LogP contribution in [0.2, 0.25) is 0 Å². The summed E-state index contributed by atoms with van der Waals surface area (Å²) in [6.07, 6.45) is 0.589. The third-order valence-electron chi connectivity index (χ3n) is 6.58. The van der Waals surface area contributed by atoms with Crippen molar-refractivity contribution in [2.45, 2.75) is 24.3 Å². The van der Waals surface area contributed by atoms with E-state index in [1.807, 2.05) is 4.90 Å². The predicted molar refractivity (Wildman–Crippen MR) is 135 cm³/mol. The number of carbonyl (C=O) groups is 2. The lowest BCUT2D eigenvalue weighted by Gasteiger charge is -2.36. The molecule has 9 nitrogen and oxygen atoms in total. The zero-order valence-corrected chi connectivity index (χ0v) is 21.7. The van der Waals surface area contributed by atoms with Crippen LogP contribution in [0.3, 0.4) is 0 Å². The van der Waals surface area contributed by atoms with Gasteiger partial charge in [0.25, 0.3) is 0 Å². The van der Waals surface area contributed by atoms with Crippen molar-refractivity contribution in [3.8, 4) is 0 Å². The van der Waals surface area contributed by atoms with Crippen LogP contribution in [0.15, 0.2) is 70.8 Å². The number of hydrogen-bond donors (Lipinski definition) is 1. The molecule has 2 aliphatic heterocycles. The maximum Gasteiger partial charge on any atom is 0.338 e. The number of sulfonamides is 1. The lowest BCUT2D eigenvalue weighted by Crippen LogP contribution is -2.49. The molecule has 0 bridgehead atoms. The average Bonchev–Trinajstić information content (AvgIpc) is 3.14. The number of carbonyl (C=O) groups excluding carboxylic acids is 2. The molecule has 2 heterocycles. The van der Waals surface area contributed by atoms with Gasteiger partial charge < -0.3 is 10.1 Å². The quantitative estimate of drug-likeness (QED) is 0.553. The smallest absolute Gasteiger partial charge is 0.338 e. The highest BCUT2D eigenvalue weighted by molar-refractivity contribution is 7.89. The topological polar surface area (TPSA) is 99.3 Å². The summed E-state index contributed by atoms with van der Waals surface area (Å²) in [6.45, 7) is 3.74. The summed E-state index contributed by atoms with van der Waals surface area (Å²) in [5.74, 6) is -0.994. The summed E-state index contributed by atoms with van der Waals surface area (Å²) >= 11 is 0. The van der Waals surface area contributed by atoms with E-state index in [9.17, 15) is 22.4 Å². The molecule has 0 saturated carbocycles. The first-order valence-corrected chi connectivity index (χ1v) is 13.6. The van der Waals surface area contributed by atoms with Crippen molar-refractivity contribution in [3.05, 3.63) is 77.2 Å². The molecule has 1 unspecified atom stereocenters. The lowest BCUT2D eigenvalue weighted by molar-refractivity contribution is -0.139. The molecule has 2 aromatic rings. The van der Waals surface area contributed by atoms with Gasteiger partial charge in [0.15, 0.2) is 0 Å². The van der Waals surface area contributed by atoms with E-state index in [0.29, 0.717) is 37.3 Å². The summed E-state index contributed by atoms with van der Waals surface area (Å²) in [7, 11) is -2.05. The van der Waals surface area contributed by atoms with Crippen LogP contribution < -0.4 is 5.32 Å². The van der Waals surface area contributed by atoms with Crippen LogP contribution in [0, 0.1) is 5.82 Å². The second kappa shape index (κ2) is 11.4. The van der Waals surface area contributed by atoms with E-state index in [-0.39, 0.29) is 30.2 Å². The molecule has 0 spiro atoms. The van der Waals surface area contributed by atoms with E-state index in [2.05, 4.69) is 5.32 Å². The van der Waals surface area contributed by atoms with E-state index >= 15 is 0 Å². The van der Waals surface area contributed by atoms with Gasteiger partial charge >= 0.3 is 12.0 Å². The fourth-order valence-electron chi connectivity index (χ4n) is 4.60. The molecular formula is C26H31FN4O5S. The van der Waals surface area contributed by atoms with Gasteiger partial charge in [-0.3, -0.25) is 9.80 Å². The molecule has 1 atom stereocenters. The summed E-state index contributed by atoms with van der Waals surface area (Å²) < 4.78 is 46.6. The number of urea groups is 1. The van der Waals surface area contributed by atoms with Crippen molar-refractivity contribution in [1.82, 2.24) is 19.4 Å². The Bertz CT molecular complexity index is 1270. The molecule has 4 rings (SSSR count). The molecule has 2 aromatic carbocycles. The Kier molecular flexibility index (Phi) is 8.25. The zero-order chi connectivity index (χ0) is 26.6. The van der Waals surface area contributed by atoms with Crippen molar-refractivity contribution >= 4 is 22.0 Å². The van der Waals surface area contributed by atoms with Crippen molar-refractivity contribution in [2.75, 3.05) is 46.4 Å². The molecule has 0 aliphatic carbocycles. The highest BCUT2D eigenvalue weighted by atomic mass is 32.2. The summed E-state index contributed by atoms with van der Waals surface area (Å²) in [4.78, 5) is 29.7. The Morgan fingerprint density at radius 1 is 1.05 bits per heavy atom. The minimum absolute atomic E-state index is 0.152. The minimum Gasteiger partial charge on any atom is -0.463 e. The normalized spacial score (nSPS) is 19.9. The Balaban J connectivity index is 1.62. The standard InChI is InChI=1S/C26H31FN4O5S/c1-3-36-25(32)23-22(29(2)26(33)28-24(23)19-10-12-20(27)13-11-19)18-30-14-7-15-31(17-16-30)37(34,35)21-8-5-4-6-9-21/h4-6,8-13,24H,3,7,14-18H2,1-2H3,(H,28,33). The van der Waals surface area contributed by atoms with E-state index < -0.39 is 33.9 Å². The van der Waals surface area contributed by atoms with Gasteiger partial charge in [0, 0.05) is 38.9 Å². The van der Waals surface area contributed by atoms with Gasteiger partial charge in [-0.1, -0.05) is 30.3 Å². The zero-order valence-electron chi connectivity index (χ0n) is 20.9. The van der Waals surface area contributed by atoms with Crippen molar-refractivity contribution < 1.29 is 27.1 Å². The average molecular weight is 531 g/mol. The summed E-state index contributed by atoms with van der Waals surface area (Å²) in [6, 6.07) is 12.7. The Morgan fingerprint density at radius 3 is 2.43 bits per heavy atom. The predicted octanol–water partition coefficient (Wildman–Crippen LogP) is 2.74. The maximum absolute atomic E-state index is 13.6. The van der Waals surface area contributed by atoms with Crippen LogP contribution in [0.25, 0.3) is 0 Å². The van der Waals surface area contributed by atoms with Crippen molar-refractivity contribution in [3.63, 3.8) is 0 Å². The molecule has 1 fully saturated rings. The Morgan fingerprint density at radius 2 is 1.76 bits per heavy atom. The number of rotatable bonds is 7. The number of hydrogen-bond acceptors (Lipinski definition) is 6. The van der Waals surface area contributed by atoms with E-state index in [1.54, 1.807) is 44.3 Å². The second-order valence-electron chi connectivity index (χ2n) is 8.92.